The molecule has 8 heteroatoms. The van der Waals surface area contributed by atoms with Gasteiger partial charge < -0.3 is 15.4 Å². The highest BCUT2D eigenvalue weighted by Crippen LogP contribution is 2.34. The van der Waals surface area contributed by atoms with Crippen LogP contribution in [0, 0.1) is 17.6 Å². The second-order valence-electron chi connectivity index (χ2n) is 6.98. The summed E-state index contributed by atoms with van der Waals surface area (Å²) in [7, 11) is 0. The molecule has 2 aliphatic rings. The van der Waals surface area contributed by atoms with E-state index >= 15 is 0 Å². The Labute approximate surface area is 160 Å². The Kier molecular flexibility index (Phi) is 5.47. The highest BCUT2D eigenvalue weighted by Gasteiger charge is 2.36. The van der Waals surface area contributed by atoms with Gasteiger partial charge in [0.15, 0.2) is 5.13 Å². The van der Waals surface area contributed by atoms with Crippen molar-refractivity contribution >= 4 is 22.4 Å². The maximum Gasteiger partial charge on any atom is 0.231 e. The molecule has 0 bridgehead atoms. The van der Waals surface area contributed by atoms with E-state index in [0.29, 0.717) is 29.7 Å². The number of anilines is 1. The molecular weight excluding hydrogens is 372 g/mol. The van der Waals surface area contributed by atoms with Gasteiger partial charge in [-0.2, -0.15) is 0 Å². The number of amides is 1. The van der Waals surface area contributed by atoms with Crippen LogP contribution in [0.25, 0.3) is 0 Å². The van der Waals surface area contributed by atoms with Crippen molar-refractivity contribution in [1.82, 2.24) is 10.3 Å². The summed E-state index contributed by atoms with van der Waals surface area (Å²) in [5.41, 5.74) is 0.364. The molecular formula is C19H21F2N3O2S. The molecule has 2 saturated heterocycles. The number of aromatic nitrogens is 1. The lowest BCUT2D eigenvalue weighted by molar-refractivity contribution is -0.119. The molecule has 2 N–H and O–H groups in total. The first-order chi connectivity index (χ1) is 13.1. The van der Waals surface area contributed by atoms with Crippen molar-refractivity contribution in [3.8, 4) is 0 Å². The van der Waals surface area contributed by atoms with Gasteiger partial charge in [0, 0.05) is 49.4 Å². The highest BCUT2D eigenvalue weighted by atomic mass is 32.1. The van der Waals surface area contributed by atoms with Crippen LogP contribution < -0.4 is 10.6 Å². The molecule has 5 nitrogen and oxygen atoms in total. The predicted octanol–water partition coefficient (Wildman–Crippen LogP) is 3.26. The summed E-state index contributed by atoms with van der Waals surface area (Å²) in [4.78, 5) is 18.2. The summed E-state index contributed by atoms with van der Waals surface area (Å²) in [5, 5.41) is 6.57. The van der Waals surface area contributed by atoms with Gasteiger partial charge in [-0.25, -0.2) is 13.8 Å². The first kappa shape index (κ1) is 18.5. The average Bonchev–Trinajstić information content (AvgIpc) is 3.32. The van der Waals surface area contributed by atoms with E-state index in [0.717, 1.165) is 37.0 Å². The maximum absolute atomic E-state index is 14.2. The Morgan fingerprint density at radius 2 is 2.07 bits per heavy atom. The number of rotatable bonds is 4. The highest BCUT2D eigenvalue weighted by molar-refractivity contribution is 7.15. The van der Waals surface area contributed by atoms with E-state index in [1.54, 1.807) is 0 Å². The number of benzene rings is 1. The number of nitrogens with one attached hydrogen (secondary N) is 2. The molecule has 2 fully saturated rings. The zero-order chi connectivity index (χ0) is 18.8. The third-order valence-electron chi connectivity index (χ3n) is 5.29. The van der Waals surface area contributed by atoms with Crippen molar-refractivity contribution in [2.75, 3.05) is 31.6 Å². The molecule has 2 aliphatic heterocycles. The molecule has 2 atom stereocenters. The lowest BCUT2D eigenvalue weighted by atomic mass is 9.88. The quantitative estimate of drug-likeness (QED) is 0.837. The number of carbonyl (C=O) groups excluding carboxylic acids is 1. The molecule has 0 saturated carbocycles. The van der Waals surface area contributed by atoms with Gasteiger partial charge in [-0.05, 0) is 30.4 Å². The van der Waals surface area contributed by atoms with Gasteiger partial charge in [0.1, 0.15) is 11.6 Å². The molecule has 0 spiro atoms. The van der Waals surface area contributed by atoms with Gasteiger partial charge >= 0.3 is 0 Å². The molecule has 1 amide bonds. The van der Waals surface area contributed by atoms with Gasteiger partial charge in [0.25, 0.3) is 0 Å². The number of nitrogens with zero attached hydrogens (tertiary/aromatic N) is 1. The van der Waals surface area contributed by atoms with Crippen molar-refractivity contribution in [1.29, 1.82) is 0 Å². The zero-order valence-corrected chi connectivity index (χ0v) is 15.5. The molecule has 2 aromatic rings. The van der Waals surface area contributed by atoms with E-state index in [-0.39, 0.29) is 11.8 Å². The second-order valence-corrected chi connectivity index (χ2v) is 8.04. The van der Waals surface area contributed by atoms with Crippen LogP contribution in [0.2, 0.25) is 0 Å². The van der Waals surface area contributed by atoms with Gasteiger partial charge in [-0.15, -0.1) is 11.3 Å². The number of hydrogen-bond acceptors (Lipinski definition) is 5. The van der Waals surface area contributed by atoms with Gasteiger partial charge in [0.2, 0.25) is 5.91 Å². The van der Waals surface area contributed by atoms with Crippen LogP contribution in [-0.4, -0.2) is 37.2 Å². The topological polar surface area (TPSA) is 63.2 Å². The number of carbonyl (C=O) groups is 1. The lowest BCUT2D eigenvalue weighted by Crippen LogP contribution is -2.28. The van der Waals surface area contributed by atoms with Crippen molar-refractivity contribution in [3.63, 3.8) is 0 Å². The third kappa shape index (κ3) is 4.02. The van der Waals surface area contributed by atoms with Crippen LogP contribution in [0.1, 0.15) is 35.1 Å². The van der Waals surface area contributed by atoms with E-state index in [9.17, 15) is 13.6 Å². The summed E-state index contributed by atoms with van der Waals surface area (Å²) in [5.74, 6) is -1.76. The summed E-state index contributed by atoms with van der Waals surface area (Å²) < 4.78 is 32.7. The molecule has 0 radical (unpaired) electrons. The fourth-order valence-electron chi connectivity index (χ4n) is 3.80. The SMILES string of the molecule is O=C(Nc1ncc(C2CCOCC2)s1)[C@@H]1CNC[C@H]1c1ccc(F)cc1F. The molecule has 3 heterocycles. The minimum Gasteiger partial charge on any atom is -0.381 e. The Hall–Kier alpha value is -1.90. The molecule has 1 aromatic carbocycles. The summed E-state index contributed by atoms with van der Waals surface area (Å²) >= 11 is 1.49. The van der Waals surface area contributed by atoms with Crippen LogP contribution >= 0.6 is 11.3 Å². The van der Waals surface area contributed by atoms with E-state index in [1.807, 2.05) is 6.20 Å². The molecule has 27 heavy (non-hydrogen) atoms. The van der Waals surface area contributed by atoms with Crippen LogP contribution in [0.15, 0.2) is 24.4 Å². The van der Waals surface area contributed by atoms with Crippen molar-refractivity contribution in [2.24, 2.45) is 5.92 Å². The van der Waals surface area contributed by atoms with Crippen molar-refractivity contribution in [3.05, 3.63) is 46.5 Å². The summed E-state index contributed by atoms with van der Waals surface area (Å²) in [6, 6.07) is 3.52. The number of thiazole rings is 1. The van der Waals surface area contributed by atoms with Crippen LogP contribution in [0.4, 0.5) is 13.9 Å². The predicted molar refractivity (Wildman–Crippen MR) is 99.0 cm³/mol. The summed E-state index contributed by atoms with van der Waals surface area (Å²) in [6.07, 6.45) is 3.75. The molecule has 0 aliphatic carbocycles. The number of hydrogen-bond donors (Lipinski definition) is 2. The minimum absolute atomic E-state index is 0.193. The second kappa shape index (κ2) is 8.00. The fourth-order valence-corrected chi connectivity index (χ4v) is 4.78. The zero-order valence-electron chi connectivity index (χ0n) is 14.7. The normalized spacial score (nSPS) is 23.5. The standard InChI is InChI=1S/C19H21F2N3O2S/c20-12-1-2-13(16(21)7-12)14-8-22-9-15(14)18(25)24-19-23-10-17(27-19)11-3-5-26-6-4-11/h1-2,7,10-11,14-15,22H,3-6,8-9H2,(H,23,24,25)/t14-,15+/m0/s1. The first-order valence-electron chi connectivity index (χ1n) is 9.12. The molecule has 0 unspecified atom stereocenters. The number of ether oxygens (including phenoxy) is 1. The molecule has 4 rings (SSSR count). The number of halogens is 2. The first-order valence-corrected chi connectivity index (χ1v) is 9.93. The third-order valence-corrected chi connectivity index (χ3v) is 6.37. The van der Waals surface area contributed by atoms with E-state index in [2.05, 4.69) is 15.6 Å². The lowest BCUT2D eigenvalue weighted by Gasteiger charge is -2.20. The van der Waals surface area contributed by atoms with Crippen molar-refractivity contribution < 1.29 is 18.3 Å². The monoisotopic (exact) mass is 393 g/mol. The smallest absolute Gasteiger partial charge is 0.231 e. The Morgan fingerprint density at radius 3 is 2.85 bits per heavy atom. The van der Waals surface area contributed by atoms with Crippen molar-refractivity contribution in [2.45, 2.75) is 24.7 Å². The Morgan fingerprint density at radius 1 is 1.26 bits per heavy atom. The van der Waals surface area contributed by atoms with E-state index in [1.165, 1.54) is 23.5 Å². The Bertz CT molecular complexity index is 823. The van der Waals surface area contributed by atoms with Gasteiger partial charge in [-0.1, -0.05) is 6.07 Å². The Balaban J connectivity index is 1.45. The van der Waals surface area contributed by atoms with Crippen LogP contribution in [0.3, 0.4) is 0 Å². The van der Waals surface area contributed by atoms with E-state index < -0.39 is 17.6 Å². The maximum atomic E-state index is 14.2. The van der Waals surface area contributed by atoms with E-state index in [4.69, 9.17) is 4.74 Å². The van der Waals surface area contributed by atoms with Crippen LogP contribution in [0.5, 0.6) is 0 Å². The minimum atomic E-state index is -0.619. The summed E-state index contributed by atoms with van der Waals surface area (Å²) in [6.45, 7) is 2.43. The fraction of sp³-hybridized carbons (Fsp3) is 0.474. The molecule has 1 aromatic heterocycles. The van der Waals surface area contributed by atoms with Crippen LogP contribution in [-0.2, 0) is 9.53 Å². The molecule has 144 valence electrons. The van der Waals surface area contributed by atoms with Gasteiger partial charge in [0.05, 0.1) is 5.92 Å². The van der Waals surface area contributed by atoms with Gasteiger partial charge in [-0.3, -0.25) is 4.79 Å². The largest absolute Gasteiger partial charge is 0.381 e. The average molecular weight is 393 g/mol.